The van der Waals surface area contributed by atoms with E-state index in [2.05, 4.69) is 47.9 Å². The van der Waals surface area contributed by atoms with Crippen molar-refractivity contribution in [1.82, 2.24) is 4.57 Å². The van der Waals surface area contributed by atoms with Crippen LogP contribution in [0.25, 0.3) is 22.0 Å². The molecule has 0 aliphatic carbocycles. The van der Waals surface area contributed by atoms with Crippen molar-refractivity contribution in [1.29, 1.82) is 0 Å². The van der Waals surface area contributed by atoms with E-state index in [4.69, 9.17) is 4.74 Å². The summed E-state index contributed by atoms with van der Waals surface area (Å²) in [6, 6.07) is 24.4. The number of hydrogen-bond acceptors (Lipinski definition) is 3. The molecule has 1 aromatic heterocycles. The lowest BCUT2D eigenvalue weighted by molar-refractivity contribution is -0.140. The van der Waals surface area contributed by atoms with Crippen LogP contribution in [0.4, 0.5) is 0 Å². The Kier molecular flexibility index (Phi) is 4.06. The van der Waals surface area contributed by atoms with Crippen molar-refractivity contribution in [2.24, 2.45) is 0 Å². The molecule has 1 aliphatic rings. The third kappa shape index (κ3) is 2.93. The SMILES string of the molecule is Cc1cccc(-c2ccc3c(c2)c2c(n3Cc3ccccc3)COC(=O)C2=O)c1. The molecule has 142 valence electrons. The number of aromatic nitrogens is 1. The third-order valence-corrected chi connectivity index (χ3v) is 5.46. The van der Waals surface area contributed by atoms with E-state index in [0.29, 0.717) is 12.1 Å². The first-order chi connectivity index (χ1) is 14.1. The van der Waals surface area contributed by atoms with Crippen LogP contribution in [-0.2, 0) is 22.7 Å². The lowest BCUT2D eigenvalue weighted by atomic mass is 9.99. The predicted molar refractivity (Wildman–Crippen MR) is 112 cm³/mol. The Bertz CT molecular complexity index is 1270. The average molecular weight is 381 g/mol. The first-order valence-corrected chi connectivity index (χ1v) is 9.59. The van der Waals surface area contributed by atoms with Gasteiger partial charge in [-0.2, -0.15) is 0 Å². The van der Waals surface area contributed by atoms with E-state index in [1.807, 2.05) is 36.4 Å². The van der Waals surface area contributed by atoms with Gasteiger partial charge in [-0.05, 0) is 35.7 Å². The first kappa shape index (κ1) is 17.4. The predicted octanol–water partition coefficient (Wildman–Crippen LogP) is 4.90. The smallest absolute Gasteiger partial charge is 0.380 e. The Hall–Kier alpha value is -3.66. The standard InChI is InChI=1S/C25H19NO3/c1-16-6-5-9-18(12-16)19-10-11-21-20(13-19)23-22(15-29-25(28)24(23)27)26(21)14-17-7-3-2-4-8-17/h2-13H,14-15H2,1H3. The number of benzene rings is 3. The number of nitrogens with zero attached hydrogens (tertiary/aromatic N) is 1. The molecule has 0 saturated carbocycles. The van der Waals surface area contributed by atoms with Gasteiger partial charge in [0.25, 0.3) is 5.78 Å². The molecule has 0 spiro atoms. The molecule has 1 aliphatic heterocycles. The van der Waals surface area contributed by atoms with Crippen molar-refractivity contribution in [3.63, 3.8) is 0 Å². The summed E-state index contributed by atoms with van der Waals surface area (Å²) in [6.45, 7) is 2.78. The van der Waals surface area contributed by atoms with Crippen LogP contribution in [0, 0.1) is 6.92 Å². The number of hydrogen-bond donors (Lipinski definition) is 0. The Morgan fingerprint density at radius 3 is 2.48 bits per heavy atom. The number of aryl methyl sites for hydroxylation is 1. The number of ether oxygens (including phenoxy) is 1. The molecule has 4 nitrogen and oxygen atoms in total. The minimum absolute atomic E-state index is 0.112. The zero-order valence-corrected chi connectivity index (χ0v) is 16.0. The Morgan fingerprint density at radius 1 is 0.897 bits per heavy atom. The number of rotatable bonds is 3. The highest BCUT2D eigenvalue weighted by molar-refractivity contribution is 6.44. The molecule has 0 radical (unpaired) electrons. The molecule has 0 saturated heterocycles. The van der Waals surface area contributed by atoms with E-state index in [9.17, 15) is 9.59 Å². The second kappa shape index (κ2) is 6.74. The van der Waals surface area contributed by atoms with E-state index < -0.39 is 11.8 Å². The van der Waals surface area contributed by atoms with E-state index in [-0.39, 0.29) is 6.61 Å². The second-order valence-electron chi connectivity index (χ2n) is 7.40. The maximum atomic E-state index is 12.7. The summed E-state index contributed by atoms with van der Waals surface area (Å²) in [5, 5.41) is 0.802. The van der Waals surface area contributed by atoms with Crippen LogP contribution >= 0.6 is 0 Å². The van der Waals surface area contributed by atoms with Crippen LogP contribution in [0.3, 0.4) is 0 Å². The molecule has 0 unspecified atom stereocenters. The van der Waals surface area contributed by atoms with Crippen molar-refractivity contribution in [3.05, 3.63) is 95.2 Å². The summed E-state index contributed by atoms with van der Waals surface area (Å²) >= 11 is 0. The molecule has 29 heavy (non-hydrogen) atoms. The molecule has 0 bridgehead atoms. The molecule has 2 heterocycles. The number of ketones is 1. The highest BCUT2D eigenvalue weighted by Gasteiger charge is 2.33. The number of carbonyl (C=O) groups excluding carboxylic acids is 2. The number of esters is 1. The van der Waals surface area contributed by atoms with E-state index >= 15 is 0 Å². The van der Waals surface area contributed by atoms with Gasteiger partial charge in [-0.3, -0.25) is 4.79 Å². The molecule has 0 amide bonds. The summed E-state index contributed by atoms with van der Waals surface area (Å²) in [5.74, 6) is -1.35. The summed E-state index contributed by atoms with van der Waals surface area (Å²) in [4.78, 5) is 24.7. The fraction of sp³-hybridized carbons (Fsp3) is 0.120. The van der Waals surface area contributed by atoms with Crippen LogP contribution in [-0.4, -0.2) is 16.3 Å². The van der Waals surface area contributed by atoms with Crippen molar-refractivity contribution in [2.75, 3.05) is 0 Å². The second-order valence-corrected chi connectivity index (χ2v) is 7.40. The maximum absolute atomic E-state index is 12.7. The quantitative estimate of drug-likeness (QED) is 0.374. The Morgan fingerprint density at radius 2 is 1.69 bits per heavy atom. The number of cyclic esters (lactones) is 1. The van der Waals surface area contributed by atoms with Crippen LogP contribution in [0.1, 0.15) is 27.2 Å². The number of Topliss-reactive ketones (excluding diaryl/α,β-unsaturated/α-hetero) is 1. The van der Waals surface area contributed by atoms with Crippen LogP contribution in [0.2, 0.25) is 0 Å². The van der Waals surface area contributed by atoms with Crippen LogP contribution in [0.5, 0.6) is 0 Å². The van der Waals surface area contributed by atoms with Gasteiger partial charge >= 0.3 is 5.97 Å². The average Bonchev–Trinajstić information content (AvgIpc) is 3.05. The molecule has 3 aromatic carbocycles. The number of fused-ring (bicyclic) bond motifs is 3. The van der Waals surface area contributed by atoms with Gasteiger partial charge in [0.1, 0.15) is 6.61 Å². The molecule has 0 N–H and O–H groups in total. The van der Waals surface area contributed by atoms with Crippen molar-refractivity contribution < 1.29 is 14.3 Å². The van der Waals surface area contributed by atoms with Gasteiger partial charge in [0, 0.05) is 17.4 Å². The Labute approximate surface area is 168 Å². The zero-order chi connectivity index (χ0) is 20.0. The lowest BCUT2D eigenvalue weighted by Gasteiger charge is -2.15. The minimum Gasteiger partial charge on any atom is -0.453 e. The van der Waals surface area contributed by atoms with Crippen LogP contribution < -0.4 is 0 Å². The lowest BCUT2D eigenvalue weighted by Crippen LogP contribution is -2.25. The van der Waals surface area contributed by atoms with Crippen molar-refractivity contribution in [2.45, 2.75) is 20.1 Å². The van der Waals surface area contributed by atoms with Gasteiger partial charge in [0.05, 0.1) is 11.3 Å². The third-order valence-electron chi connectivity index (χ3n) is 5.46. The zero-order valence-electron chi connectivity index (χ0n) is 16.0. The molecular weight excluding hydrogens is 362 g/mol. The highest BCUT2D eigenvalue weighted by Crippen LogP contribution is 2.34. The molecule has 4 aromatic rings. The topological polar surface area (TPSA) is 48.3 Å². The van der Waals surface area contributed by atoms with Crippen molar-refractivity contribution in [3.8, 4) is 11.1 Å². The summed E-state index contributed by atoms with van der Waals surface area (Å²) in [5.41, 5.74) is 6.57. The van der Waals surface area contributed by atoms with Crippen LogP contribution in [0.15, 0.2) is 72.8 Å². The Balaban J connectivity index is 1.73. The molecule has 5 rings (SSSR count). The molecule has 0 atom stereocenters. The minimum atomic E-state index is -0.780. The fourth-order valence-electron chi connectivity index (χ4n) is 4.06. The normalized spacial score (nSPS) is 13.4. The van der Waals surface area contributed by atoms with E-state index in [1.54, 1.807) is 0 Å². The molecular formula is C25H19NO3. The van der Waals surface area contributed by atoms with Gasteiger partial charge in [0.15, 0.2) is 0 Å². The van der Waals surface area contributed by atoms with Gasteiger partial charge < -0.3 is 9.30 Å². The van der Waals surface area contributed by atoms with Crippen molar-refractivity contribution >= 4 is 22.7 Å². The monoisotopic (exact) mass is 381 g/mol. The number of carbonyl (C=O) groups is 2. The summed E-state index contributed by atoms with van der Waals surface area (Å²) < 4.78 is 7.23. The molecule has 0 fully saturated rings. The summed E-state index contributed by atoms with van der Waals surface area (Å²) in [6.07, 6.45) is 0. The van der Waals surface area contributed by atoms with E-state index in [0.717, 1.165) is 33.3 Å². The first-order valence-electron chi connectivity index (χ1n) is 9.59. The van der Waals surface area contributed by atoms with Gasteiger partial charge in [-0.25, -0.2) is 4.79 Å². The maximum Gasteiger partial charge on any atom is 0.380 e. The van der Waals surface area contributed by atoms with Gasteiger partial charge in [-0.1, -0.05) is 66.2 Å². The largest absolute Gasteiger partial charge is 0.453 e. The van der Waals surface area contributed by atoms with Gasteiger partial charge in [-0.15, -0.1) is 0 Å². The summed E-state index contributed by atoms with van der Waals surface area (Å²) in [7, 11) is 0. The van der Waals surface area contributed by atoms with Gasteiger partial charge in [0.2, 0.25) is 0 Å². The van der Waals surface area contributed by atoms with E-state index in [1.165, 1.54) is 5.56 Å². The molecule has 4 heteroatoms. The highest BCUT2D eigenvalue weighted by atomic mass is 16.5. The fourth-order valence-corrected chi connectivity index (χ4v) is 4.06.